The van der Waals surface area contributed by atoms with Crippen molar-refractivity contribution in [3.63, 3.8) is 0 Å². The zero-order valence-corrected chi connectivity index (χ0v) is 31.3. The van der Waals surface area contributed by atoms with Crippen LogP contribution in [0.5, 0.6) is 5.75 Å². The number of rotatable bonds is 29. The molecule has 3 rings (SSSR count). The number of aromatic nitrogens is 1. The average molecular weight is 786 g/mol. The van der Waals surface area contributed by atoms with E-state index in [1.54, 1.807) is 0 Å². The largest absolute Gasteiger partial charge is 0.420 e. The third-order valence-corrected chi connectivity index (χ3v) is 8.35. The van der Waals surface area contributed by atoms with Crippen LogP contribution in [0, 0.1) is 29.1 Å². The Morgan fingerprint density at radius 1 is 0.655 bits per heavy atom. The van der Waals surface area contributed by atoms with Crippen molar-refractivity contribution in [2.24, 2.45) is 0 Å². The number of halogens is 5. The summed E-state index contributed by atoms with van der Waals surface area (Å²) in [6.45, 7) is 5.05. The molecule has 16 heteroatoms. The lowest BCUT2D eigenvalue weighted by molar-refractivity contribution is -0.136. The predicted molar refractivity (Wildman–Crippen MR) is 195 cm³/mol. The van der Waals surface area contributed by atoms with Gasteiger partial charge in [-0.2, -0.15) is 8.78 Å². The van der Waals surface area contributed by atoms with Crippen molar-refractivity contribution in [1.82, 2.24) is 10.3 Å². The van der Waals surface area contributed by atoms with Crippen LogP contribution >= 0.6 is 0 Å². The molecule has 2 aromatic carbocycles. The monoisotopic (exact) mass is 785 g/mol. The lowest BCUT2D eigenvalue weighted by atomic mass is 9.99. The summed E-state index contributed by atoms with van der Waals surface area (Å²) >= 11 is 0. The van der Waals surface area contributed by atoms with Crippen molar-refractivity contribution in [2.45, 2.75) is 71.1 Å². The van der Waals surface area contributed by atoms with E-state index in [9.17, 15) is 31.5 Å². The number of carbonyl (C=O) groups excluding carboxylic acids is 2. The number of hydrogen-bond donors (Lipinski definition) is 2. The lowest BCUT2D eigenvalue weighted by Gasteiger charge is -2.11. The summed E-state index contributed by atoms with van der Waals surface area (Å²) in [6, 6.07) is 8.41. The number of esters is 1. The van der Waals surface area contributed by atoms with Crippen molar-refractivity contribution in [2.75, 3.05) is 78.3 Å². The highest BCUT2D eigenvalue weighted by atomic mass is 19.2. The Hall–Kier alpha value is -3.96. The van der Waals surface area contributed by atoms with Gasteiger partial charge in [-0.1, -0.05) is 38.3 Å². The number of pyridine rings is 1. The summed E-state index contributed by atoms with van der Waals surface area (Å²) in [5, 5.41) is 4.12. The van der Waals surface area contributed by atoms with Crippen LogP contribution in [0.15, 0.2) is 24.3 Å². The molecule has 0 unspecified atom stereocenters. The van der Waals surface area contributed by atoms with E-state index in [1.807, 2.05) is 12.1 Å². The highest BCUT2D eigenvalue weighted by Gasteiger charge is 2.28. The molecular formula is C39H52F5N3O8. The van der Waals surface area contributed by atoms with E-state index >= 15 is 0 Å². The second-order valence-corrected chi connectivity index (χ2v) is 12.6. The van der Waals surface area contributed by atoms with Crippen molar-refractivity contribution in [3.05, 3.63) is 64.5 Å². The lowest BCUT2D eigenvalue weighted by Crippen LogP contribution is -2.25. The molecule has 1 aromatic heterocycles. The molecule has 0 aliphatic carbocycles. The second kappa shape index (κ2) is 26.0. The fourth-order valence-electron chi connectivity index (χ4n) is 5.37. The van der Waals surface area contributed by atoms with Gasteiger partial charge in [-0.25, -0.2) is 18.2 Å². The first kappa shape index (κ1) is 45.4. The van der Waals surface area contributed by atoms with Gasteiger partial charge in [-0.3, -0.25) is 9.59 Å². The number of benzene rings is 2. The van der Waals surface area contributed by atoms with Gasteiger partial charge in [0.15, 0.2) is 0 Å². The number of unbranched alkanes of at least 4 members (excludes halogenated alkanes) is 4. The molecule has 306 valence electrons. The second-order valence-electron chi connectivity index (χ2n) is 12.6. The molecule has 3 aromatic rings. The van der Waals surface area contributed by atoms with Crippen LogP contribution in [0.1, 0.15) is 69.4 Å². The third-order valence-electron chi connectivity index (χ3n) is 8.35. The molecule has 0 fully saturated rings. The van der Waals surface area contributed by atoms with Crippen LogP contribution in [0.3, 0.4) is 0 Å². The highest BCUT2D eigenvalue weighted by Crippen LogP contribution is 2.29. The Bertz CT molecular complexity index is 1610. The maximum atomic E-state index is 13.6. The number of nitrogens with zero attached hydrogens (tertiary/aromatic N) is 1. The Balaban J connectivity index is 1.08. The number of amides is 1. The quantitative estimate of drug-likeness (QED) is 0.0199. The Morgan fingerprint density at radius 3 is 1.78 bits per heavy atom. The summed E-state index contributed by atoms with van der Waals surface area (Å²) < 4.78 is 97.6. The predicted octanol–water partition coefficient (Wildman–Crippen LogP) is 6.54. The summed E-state index contributed by atoms with van der Waals surface area (Å²) in [4.78, 5) is 28.5. The van der Waals surface area contributed by atoms with E-state index in [-0.39, 0.29) is 38.8 Å². The molecule has 0 aliphatic heterocycles. The Labute approximate surface area is 318 Å². The smallest absolute Gasteiger partial charge is 0.313 e. The van der Waals surface area contributed by atoms with Gasteiger partial charge in [0.2, 0.25) is 40.7 Å². The molecule has 55 heavy (non-hydrogen) atoms. The first-order chi connectivity index (χ1) is 26.6. The number of anilines is 1. The van der Waals surface area contributed by atoms with E-state index in [4.69, 9.17) is 29.4 Å². The maximum absolute atomic E-state index is 13.6. The van der Waals surface area contributed by atoms with Gasteiger partial charge in [0.25, 0.3) is 0 Å². The van der Waals surface area contributed by atoms with Crippen LogP contribution in [0.4, 0.5) is 27.8 Å². The molecule has 1 heterocycles. The third kappa shape index (κ3) is 16.4. The van der Waals surface area contributed by atoms with E-state index in [0.29, 0.717) is 52.0 Å². The number of nitrogen functional groups attached to an aromatic ring is 1. The summed E-state index contributed by atoms with van der Waals surface area (Å²) in [6.07, 6.45) is 8.05. The topological polar surface area (TPSA) is 140 Å². The molecule has 0 atom stereocenters. The zero-order chi connectivity index (χ0) is 39.8. The number of nitrogens with two attached hydrogens (primary N) is 1. The van der Waals surface area contributed by atoms with Crippen molar-refractivity contribution < 1.29 is 60.0 Å². The summed E-state index contributed by atoms with van der Waals surface area (Å²) in [5.74, 6) is -13.6. The van der Waals surface area contributed by atoms with Crippen LogP contribution in [-0.4, -0.2) is 89.5 Å². The van der Waals surface area contributed by atoms with Gasteiger partial charge in [0.05, 0.1) is 78.0 Å². The SMILES string of the molecule is CCCCCc1cc2c(CCCCCNC(=O)CCOCCOCCOCCOCCOCCC(=O)Oc3c(F)c(F)c(F)c(F)c3F)cccc2nc1N. The van der Waals surface area contributed by atoms with Crippen molar-refractivity contribution >= 4 is 28.6 Å². The number of fused-ring (bicyclic) bond motifs is 1. The number of ether oxygens (including phenoxy) is 6. The van der Waals surface area contributed by atoms with Crippen molar-refractivity contribution in [3.8, 4) is 5.75 Å². The molecular weight excluding hydrogens is 733 g/mol. The van der Waals surface area contributed by atoms with Crippen LogP contribution in [0.2, 0.25) is 0 Å². The molecule has 1 amide bonds. The van der Waals surface area contributed by atoms with E-state index < -0.39 is 47.2 Å². The fraction of sp³-hybridized carbons (Fsp3) is 0.564. The number of hydrogen-bond acceptors (Lipinski definition) is 10. The minimum absolute atomic E-state index is 0.0483. The molecule has 0 spiro atoms. The van der Waals surface area contributed by atoms with E-state index in [1.165, 1.54) is 23.8 Å². The first-order valence-electron chi connectivity index (χ1n) is 18.7. The van der Waals surface area contributed by atoms with Crippen molar-refractivity contribution in [1.29, 1.82) is 0 Å². The standard InChI is InChI=1S/C39H52F5N3O8/c1-2-3-5-10-28-26-29-27(11-8-12-30(29)47-39(28)45)9-6-4-7-15-46-31(48)13-16-50-18-20-52-22-24-54-25-23-53-21-19-51-17-14-32(49)55-38-36(43)34(41)33(40)35(42)37(38)44/h8,11-12,26H,2-7,9-10,13-25H2,1H3,(H2,45,47)(H,46,48). The minimum Gasteiger partial charge on any atom is -0.420 e. The molecule has 3 N–H and O–H groups in total. The normalized spacial score (nSPS) is 11.4. The van der Waals surface area contributed by atoms with Gasteiger partial charge < -0.3 is 39.5 Å². The Kier molecular flexibility index (Phi) is 21.5. The minimum atomic E-state index is -2.35. The molecule has 0 aliphatic rings. The maximum Gasteiger partial charge on any atom is 0.313 e. The average Bonchev–Trinajstić information content (AvgIpc) is 3.17. The van der Waals surface area contributed by atoms with E-state index in [2.05, 4.69) is 34.1 Å². The van der Waals surface area contributed by atoms with Gasteiger partial charge in [0.1, 0.15) is 5.82 Å². The number of nitrogens with one attached hydrogen (secondary N) is 1. The van der Waals surface area contributed by atoms with E-state index in [0.717, 1.165) is 49.6 Å². The molecule has 0 saturated carbocycles. The number of carbonyl (C=O) groups is 2. The highest BCUT2D eigenvalue weighted by molar-refractivity contribution is 5.84. The molecule has 0 saturated heterocycles. The van der Waals surface area contributed by atoms with Gasteiger partial charge >= 0.3 is 5.97 Å². The Morgan fingerprint density at radius 2 is 1.18 bits per heavy atom. The van der Waals surface area contributed by atoms with Crippen LogP contribution in [-0.2, 0) is 46.1 Å². The molecule has 0 bridgehead atoms. The first-order valence-corrected chi connectivity index (χ1v) is 18.7. The van der Waals surface area contributed by atoms with Crippen LogP contribution < -0.4 is 15.8 Å². The fourth-order valence-corrected chi connectivity index (χ4v) is 5.37. The summed E-state index contributed by atoms with van der Waals surface area (Å²) in [7, 11) is 0. The van der Waals surface area contributed by atoms with Gasteiger partial charge in [0, 0.05) is 18.4 Å². The molecule has 11 nitrogen and oxygen atoms in total. The zero-order valence-electron chi connectivity index (χ0n) is 31.3. The summed E-state index contributed by atoms with van der Waals surface area (Å²) in [5.41, 5.74) is 9.56. The molecule has 0 radical (unpaired) electrons. The van der Waals surface area contributed by atoms with Gasteiger partial charge in [-0.15, -0.1) is 0 Å². The number of aryl methyl sites for hydroxylation is 2. The van der Waals surface area contributed by atoms with Gasteiger partial charge in [-0.05, 0) is 55.4 Å². The van der Waals surface area contributed by atoms with Crippen LogP contribution in [0.25, 0.3) is 10.9 Å².